The zero-order valence-corrected chi connectivity index (χ0v) is 9.59. The first-order chi connectivity index (χ1) is 5.95. The van der Waals surface area contributed by atoms with Crippen molar-refractivity contribution in [1.29, 1.82) is 0 Å². The predicted molar refractivity (Wildman–Crippen MR) is 60.9 cm³/mol. The number of aryl methyl sites for hydroxylation is 1. The first-order valence-corrected chi connectivity index (χ1v) is 4.97. The van der Waals surface area contributed by atoms with Gasteiger partial charge in [0.05, 0.1) is 0 Å². The summed E-state index contributed by atoms with van der Waals surface area (Å²) in [5.74, 6) is 0. The highest BCUT2D eigenvalue weighted by Crippen LogP contribution is 2.16. The van der Waals surface area contributed by atoms with Gasteiger partial charge in [-0.15, -0.1) is 0 Å². The molecule has 1 aromatic rings. The van der Waals surface area contributed by atoms with Crippen LogP contribution in [0.3, 0.4) is 0 Å². The van der Waals surface area contributed by atoms with Gasteiger partial charge >= 0.3 is 0 Å². The van der Waals surface area contributed by atoms with Gasteiger partial charge in [-0.05, 0) is 12.3 Å². The molecule has 0 aromatic heterocycles. The Morgan fingerprint density at radius 3 is 1.54 bits per heavy atom. The molecule has 0 saturated heterocycles. The highest BCUT2D eigenvalue weighted by Gasteiger charge is 2.03. The van der Waals surface area contributed by atoms with Crippen LogP contribution in [0.2, 0.25) is 0 Å². The zero-order valence-electron chi connectivity index (χ0n) is 9.59. The topological polar surface area (TPSA) is 0 Å². The van der Waals surface area contributed by atoms with Crippen LogP contribution in [-0.2, 0) is 0 Å². The number of rotatable bonds is 0. The van der Waals surface area contributed by atoms with Gasteiger partial charge in [-0.3, -0.25) is 0 Å². The summed E-state index contributed by atoms with van der Waals surface area (Å²) in [7, 11) is 0. The van der Waals surface area contributed by atoms with Gasteiger partial charge < -0.3 is 0 Å². The van der Waals surface area contributed by atoms with Crippen molar-refractivity contribution < 1.29 is 0 Å². The lowest BCUT2D eigenvalue weighted by Gasteiger charge is -2.12. The number of benzene rings is 1. The number of hydrogen-bond donors (Lipinski definition) is 0. The smallest absolute Gasteiger partial charge is 0.0385 e. The molecule has 0 heteroatoms. The van der Waals surface area contributed by atoms with Crippen molar-refractivity contribution in [1.82, 2.24) is 0 Å². The van der Waals surface area contributed by atoms with E-state index in [2.05, 4.69) is 46.8 Å². The van der Waals surface area contributed by atoms with Crippen LogP contribution in [0.15, 0.2) is 30.3 Å². The fourth-order valence-corrected chi connectivity index (χ4v) is 0.534. The molecule has 0 aliphatic carbocycles. The van der Waals surface area contributed by atoms with Crippen molar-refractivity contribution in [3.63, 3.8) is 0 Å². The van der Waals surface area contributed by atoms with E-state index in [4.69, 9.17) is 0 Å². The Balaban J connectivity index is 0.000000226. The van der Waals surface area contributed by atoms with Gasteiger partial charge in [0.1, 0.15) is 0 Å². The molecule has 13 heavy (non-hydrogen) atoms. The van der Waals surface area contributed by atoms with Crippen molar-refractivity contribution >= 4 is 0 Å². The van der Waals surface area contributed by atoms with Gasteiger partial charge in [0.2, 0.25) is 0 Å². The molecule has 74 valence electrons. The summed E-state index contributed by atoms with van der Waals surface area (Å²) in [4.78, 5) is 0. The summed E-state index contributed by atoms with van der Waals surface area (Å²) in [5.41, 5.74) is 1.86. The summed E-state index contributed by atoms with van der Waals surface area (Å²) in [6.45, 7) is 11.0. The third-order valence-corrected chi connectivity index (χ3v) is 2.00. The largest absolute Gasteiger partial charge is 0.0649 e. The maximum atomic E-state index is 2.24. The Bertz CT molecular complexity index is 203. The van der Waals surface area contributed by atoms with E-state index in [0.29, 0.717) is 5.41 Å². The highest BCUT2D eigenvalue weighted by molar-refractivity contribution is 5.11. The van der Waals surface area contributed by atoms with Crippen molar-refractivity contribution in [3.05, 3.63) is 35.9 Å². The van der Waals surface area contributed by atoms with Gasteiger partial charge in [0.25, 0.3) is 0 Å². The van der Waals surface area contributed by atoms with Crippen LogP contribution in [0.25, 0.3) is 0 Å². The van der Waals surface area contributed by atoms with Gasteiger partial charge in [-0.1, -0.05) is 70.0 Å². The second-order valence-corrected chi connectivity index (χ2v) is 4.57. The second kappa shape index (κ2) is 5.80. The molecule has 0 radical (unpaired) electrons. The maximum Gasteiger partial charge on any atom is -0.0385 e. The fourth-order valence-electron chi connectivity index (χ4n) is 0.534. The van der Waals surface area contributed by atoms with Crippen LogP contribution in [0.4, 0.5) is 0 Å². The summed E-state index contributed by atoms with van der Waals surface area (Å²) in [5, 5.41) is 0. The lowest BCUT2D eigenvalue weighted by atomic mass is 9.94. The van der Waals surface area contributed by atoms with Crippen molar-refractivity contribution in [3.8, 4) is 0 Å². The first kappa shape index (κ1) is 12.2. The molecular formula is C13H22. The lowest BCUT2D eigenvalue weighted by molar-refractivity contribution is 0.398. The van der Waals surface area contributed by atoms with E-state index in [1.807, 2.05) is 18.2 Å². The van der Waals surface area contributed by atoms with E-state index in [9.17, 15) is 0 Å². The molecular weight excluding hydrogens is 156 g/mol. The summed E-state index contributed by atoms with van der Waals surface area (Å²) >= 11 is 0. The van der Waals surface area contributed by atoms with E-state index >= 15 is 0 Å². The third-order valence-electron chi connectivity index (χ3n) is 2.00. The second-order valence-electron chi connectivity index (χ2n) is 4.57. The molecule has 0 fully saturated rings. The van der Waals surface area contributed by atoms with E-state index in [-0.39, 0.29) is 0 Å². The van der Waals surface area contributed by atoms with Crippen LogP contribution in [0.5, 0.6) is 0 Å². The van der Waals surface area contributed by atoms with Crippen LogP contribution in [0, 0.1) is 12.3 Å². The molecule has 0 heterocycles. The minimum absolute atomic E-state index is 0.542. The van der Waals surface area contributed by atoms with Crippen LogP contribution in [0.1, 0.15) is 39.7 Å². The van der Waals surface area contributed by atoms with Crippen molar-refractivity contribution in [2.45, 2.75) is 41.0 Å². The average molecular weight is 178 g/mol. The van der Waals surface area contributed by atoms with Crippen molar-refractivity contribution in [2.75, 3.05) is 0 Å². The molecule has 0 bridgehead atoms. The molecule has 0 amide bonds. The summed E-state index contributed by atoms with van der Waals surface area (Å²) in [6.07, 6.45) is 1.27. The van der Waals surface area contributed by atoms with Gasteiger partial charge in [0.15, 0.2) is 0 Å². The summed E-state index contributed by atoms with van der Waals surface area (Å²) < 4.78 is 0. The van der Waals surface area contributed by atoms with Crippen LogP contribution < -0.4 is 0 Å². The Labute approximate surface area is 83.0 Å². The molecule has 1 aromatic carbocycles. The fraction of sp³-hybridized carbons (Fsp3) is 0.538. The van der Waals surface area contributed by atoms with Gasteiger partial charge in [0, 0.05) is 0 Å². The SMILES string of the molecule is CCC(C)(C)C.Cc1ccccc1. The summed E-state index contributed by atoms with van der Waals surface area (Å²) in [6, 6.07) is 10.3. The molecule has 0 spiro atoms. The number of hydrogen-bond acceptors (Lipinski definition) is 0. The molecule has 0 saturated carbocycles. The Morgan fingerprint density at radius 1 is 1.00 bits per heavy atom. The normalized spacial score (nSPS) is 10.2. The average Bonchev–Trinajstić information content (AvgIpc) is 2.06. The third kappa shape index (κ3) is 9.13. The standard InChI is InChI=1S/C7H8.C6H14/c1-7-5-3-2-4-6-7;1-5-6(2,3)4/h2-6H,1H3;5H2,1-4H3. The van der Waals surface area contributed by atoms with E-state index < -0.39 is 0 Å². The molecule has 0 aliphatic rings. The van der Waals surface area contributed by atoms with Gasteiger partial charge in [-0.2, -0.15) is 0 Å². The minimum Gasteiger partial charge on any atom is -0.0649 e. The first-order valence-electron chi connectivity index (χ1n) is 4.97. The van der Waals surface area contributed by atoms with E-state index in [1.54, 1.807) is 0 Å². The maximum absolute atomic E-state index is 2.24. The Hall–Kier alpha value is -0.780. The highest BCUT2D eigenvalue weighted by atomic mass is 14.1. The van der Waals surface area contributed by atoms with E-state index in [1.165, 1.54) is 12.0 Å². The Morgan fingerprint density at radius 2 is 1.38 bits per heavy atom. The molecule has 1 rings (SSSR count). The molecule has 0 atom stereocenters. The van der Waals surface area contributed by atoms with Gasteiger partial charge in [-0.25, -0.2) is 0 Å². The van der Waals surface area contributed by atoms with E-state index in [0.717, 1.165) is 0 Å². The molecule has 0 unspecified atom stereocenters. The van der Waals surface area contributed by atoms with Crippen LogP contribution in [-0.4, -0.2) is 0 Å². The minimum atomic E-state index is 0.542. The lowest BCUT2D eigenvalue weighted by Crippen LogP contribution is -2.00. The molecule has 0 N–H and O–H groups in total. The quantitative estimate of drug-likeness (QED) is 0.551. The molecule has 0 nitrogen and oxygen atoms in total. The predicted octanol–water partition coefficient (Wildman–Crippen LogP) is 4.44. The molecule has 0 aliphatic heterocycles. The zero-order chi connectivity index (χ0) is 10.3. The monoisotopic (exact) mass is 178 g/mol. The van der Waals surface area contributed by atoms with Crippen LogP contribution >= 0.6 is 0 Å². The Kier molecular flexibility index (Phi) is 5.45. The van der Waals surface area contributed by atoms with Crippen molar-refractivity contribution in [2.24, 2.45) is 5.41 Å².